The van der Waals surface area contributed by atoms with Gasteiger partial charge in [-0.2, -0.15) is 0 Å². The molecule has 104 valence electrons. The number of amides is 1. The van der Waals surface area contributed by atoms with E-state index in [0.29, 0.717) is 18.8 Å². The molecule has 0 bridgehead atoms. The van der Waals surface area contributed by atoms with Gasteiger partial charge in [0.05, 0.1) is 0 Å². The molecule has 1 unspecified atom stereocenters. The summed E-state index contributed by atoms with van der Waals surface area (Å²) in [5, 5.41) is 11.7. The average Bonchev–Trinajstić information content (AvgIpc) is 2.98. The van der Waals surface area contributed by atoms with Crippen molar-refractivity contribution in [2.24, 2.45) is 11.3 Å². The summed E-state index contributed by atoms with van der Waals surface area (Å²) in [5.41, 5.74) is 0.223. The number of nitrogens with one attached hydrogen (secondary N) is 1. The molecule has 1 aliphatic carbocycles. The van der Waals surface area contributed by atoms with E-state index in [-0.39, 0.29) is 11.3 Å². The van der Waals surface area contributed by atoms with E-state index in [9.17, 15) is 9.59 Å². The van der Waals surface area contributed by atoms with E-state index in [1.54, 1.807) is 0 Å². The standard InChI is InChI=1S/C14H25NO3/c1-14(2,3)8-4-5-12(16)15-11(13(17)18)9-10-6-7-10/h10-11H,4-9H2,1-3H3,(H,15,16)(H,17,18). The van der Waals surface area contributed by atoms with Crippen molar-refractivity contribution < 1.29 is 14.7 Å². The Hall–Kier alpha value is -1.06. The summed E-state index contributed by atoms with van der Waals surface area (Å²) in [6.45, 7) is 6.41. The van der Waals surface area contributed by atoms with Gasteiger partial charge in [-0.15, -0.1) is 0 Å². The second kappa shape index (κ2) is 6.21. The maximum atomic E-state index is 11.7. The van der Waals surface area contributed by atoms with Crippen LogP contribution in [0.15, 0.2) is 0 Å². The molecule has 1 saturated carbocycles. The average molecular weight is 255 g/mol. The molecule has 4 nitrogen and oxygen atoms in total. The summed E-state index contributed by atoms with van der Waals surface area (Å²) >= 11 is 0. The predicted molar refractivity (Wildman–Crippen MR) is 70.2 cm³/mol. The molecule has 0 heterocycles. The number of hydrogen-bond acceptors (Lipinski definition) is 2. The lowest BCUT2D eigenvalue weighted by Crippen LogP contribution is -2.41. The fraction of sp³-hybridized carbons (Fsp3) is 0.857. The highest BCUT2D eigenvalue weighted by atomic mass is 16.4. The van der Waals surface area contributed by atoms with Crippen molar-refractivity contribution in [2.75, 3.05) is 0 Å². The van der Waals surface area contributed by atoms with Gasteiger partial charge in [0.15, 0.2) is 0 Å². The first-order valence-electron chi connectivity index (χ1n) is 6.80. The Morgan fingerprint density at radius 3 is 2.39 bits per heavy atom. The summed E-state index contributed by atoms with van der Waals surface area (Å²) in [6, 6.07) is -0.695. The molecule has 1 fully saturated rings. The molecule has 2 N–H and O–H groups in total. The molecular weight excluding hydrogens is 230 g/mol. The molecule has 18 heavy (non-hydrogen) atoms. The second-order valence-corrected chi connectivity index (χ2v) is 6.55. The number of rotatable bonds is 7. The third-order valence-electron chi connectivity index (χ3n) is 3.23. The Morgan fingerprint density at radius 2 is 1.94 bits per heavy atom. The Bertz CT molecular complexity index is 303. The molecule has 1 amide bonds. The van der Waals surface area contributed by atoms with Crippen molar-refractivity contribution in [1.82, 2.24) is 5.32 Å². The first kappa shape index (κ1) is 15.0. The molecule has 1 rings (SSSR count). The number of carbonyl (C=O) groups excluding carboxylic acids is 1. The number of carboxylic acids is 1. The van der Waals surface area contributed by atoms with Gasteiger partial charge in [-0.3, -0.25) is 4.79 Å². The van der Waals surface area contributed by atoms with E-state index in [2.05, 4.69) is 26.1 Å². The number of carboxylic acid groups (broad SMARTS) is 1. The Balaban J connectivity index is 2.25. The normalized spacial score (nSPS) is 17.3. The van der Waals surface area contributed by atoms with Crippen molar-refractivity contribution in [3.05, 3.63) is 0 Å². The van der Waals surface area contributed by atoms with Crippen LogP contribution in [-0.4, -0.2) is 23.0 Å². The fourth-order valence-corrected chi connectivity index (χ4v) is 1.95. The van der Waals surface area contributed by atoms with Gasteiger partial charge in [-0.05, 0) is 30.6 Å². The van der Waals surface area contributed by atoms with E-state index in [0.717, 1.165) is 25.7 Å². The van der Waals surface area contributed by atoms with Gasteiger partial charge in [0.1, 0.15) is 6.04 Å². The zero-order valence-electron chi connectivity index (χ0n) is 11.7. The molecule has 0 radical (unpaired) electrons. The Labute approximate surface area is 109 Å². The first-order chi connectivity index (χ1) is 8.28. The monoisotopic (exact) mass is 255 g/mol. The molecule has 1 atom stereocenters. The van der Waals surface area contributed by atoms with Gasteiger partial charge in [0.25, 0.3) is 0 Å². The fourth-order valence-electron chi connectivity index (χ4n) is 1.95. The number of hydrogen-bond donors (Lipinski definition) is 2. The number of aliphatic carboxylic acids is 1. The zero-order valence-corrected chi connectivity index (χ0v) is 11.7. The lowest BCUT2D eigenvalue weighted by Gasteiger charge is -2.18. The third kappa shape index (κ3) is 6.62. The lowest BCUT2D eigenvalue weighted by molar-refractivity contribution is -0.142. The summed E-state index contributed by atoms with van der Waals surface area (Å²) in [7, 11) is 0. The van der Waals surface area contributed by atoms with Crippen LogP contribution in [0, 0.1) is 11.3 Å². The minimum Gasteiger partial charge on any atom is -0.480 e. The highest BCUT2D eigenvalue weighted by Gasteiger charge is 2.30. The minimum atomic E-state index is -0.911. The lowest BCUT2D eigenvalue weighted by atomic mass is 9.90. The van der Waals surface area contributed by atoms with Crippen molar-refractivity contribution >= 4 is 11.9 Å². The van der Waals surface area contributed by atoms with Crippen LogP contribution in [-0.2, 0) is 9.59 Å². The van der Waals surface area contributed by atoms with E-state index < -0.39 is 12.0 Å². The number of carbonyl (C=O) groups is 2. The van der Waals surface area contributed by atoms with E-state index in [1.807, 2.05) is 0 Å². The van der Waals surface area contributed by atoms with Crippen LogP contribution in [0.5, 0.6) is 0 Å². The molecule has 0 aromatic rings. The summed E-state index contributed by atoms with van der Waals surface area (Å²) in [6.07, 6.45) is 4.99. The predicted octanol–water partition coefficient (Wildman–Crippen LogP) is 2.57. The van der Waals surface area contributed by atoms with Crippen molar-refractivity contribution in [3.63, 3.8) is 0 Å². The second-order valence-electron chi connectivity index (χ2n) is 6.55. The highest BCUT2D eigenvalue weighted by molar-refractivity contribution is 5.83. The van der Waals surface area contributed by atoms with Gasteiger partial charge in [0, 0.05) is 6.42 Å². The van der Waals surface area contributed by atoms with Crippen molar-refractivity contribution in [3.8, 4) is 0 Å². The first-order valence-corrected chi connectivity index (χ1v) is 6.80. The van der Waals surface area contributed by atoms with E-state index >= 15 is 0 Å². The zero-order chi connectivity index (χ0) is 13.8. The smallest absolute Gasteiger partial charge is 0.326 e. The van der Waals surface area contributed by atoms with Gasteiger partial charge in [-0.25, -0.2) is 4.79 Å². The third-order valence-corrected chi connectivity index (χ3v) is 3.23. The van der Waals surface area contributed by atoms with Gasteiger partial charge >= 0.3 is 5.97 Å². The molecule has 0 aromatic heterocycles. The molecule has 0 aromatic carbocycles. The van der Waals surface area contributed by atoms with Crippen LogP contribution < -0.4 is 5.32 Å². The van der Waals surface area contributed by atoms with Crippen LogP contribution in [0.25, 0.3) is 0 Å². The summed E-state index contributed by atoms with van der Waals surface area (Å²) in [5.74, 6) is -0.542. The van der Waals surface area contributed by atoms with Crippen LogP contribution in [0.2, 0.25) is 0 Å². The molecule has 1 aliphatic rings. The van der Waals surface area contributed by atoms with Crippen LogP contribution in [0.4, 0.5) is 0 Å². The van der Waals surface area contributed by atoms with E-state index in [1.165, 1.54) is 0 Å². The maximum absolute atomic E-state index is 11.7. The van der Waals surface area contributed by atoms with Gasteiger partial charge < -0.3 is 10.4 Å². The van der Waals surface area contributed by atoms with Crippen molar-refractivity contribution in [2.45, 2.75) is 65.3 Å². The molecule has 0 saturated heterocycles. The molecular formula is C14H25NO3. The maximum Gasteiger partial charge on any atom is 0.326 e. The minimum absolute atomic E-state index is 0.132. The van der Waals surface area contributed by atoms with Gasteiger partial charge in [0.2, 0.25) is 5.91 Å². The highest BCUT2D eigenvalue weighted by Crippen LogP contribution is 2.33. The Morgan fingerprint density at radius 1 is 1.33 bits per heavy atom. The summed E-state index contributed by atoms with van der Waals surface area (Å²) in [4.78, 5) is 22.7. The Kier molecular flexibility index (Phi) is 5.17. The summed E-state index contributed by atoms with van der Waals surface area (Å²) < 4.78 is 0. The molecule has 0 spiro atoms. The molecule has 0 aliphatic heterocycles. The van der Waals surface area contributed by atoms with Crippen LogP contribution in [0.3, 0.4) is 0 Å². The van der Waals surface area contributed by atoms with E-state index in [4.69, 9.17) is 5.11 Å². The SMILES string of the molecule is CC(C)(C)CCCC(=O)NC(CC1CC1)C(=O)O. The van der Waals surface area contributed by atoms with Crippen LogP contribution in [0.1, 0.15) is 59.3 Å². The van der Waals surface area contributed by atoms with Crippen molar-refractivity contribution in [1.29, 1.82) is 0 Å². The largest absolute Gasteiger partial charge is 0.480 e. The van der Waals surface area contributed by atoms with Crippen LogP contribution >= 0.6 is 0 Å². The topological polar surface area (TPSA) is 66.4 Å². The quantitative estimate of drug-likeness (QED) is 0.734. The molecule has 4 heteroatoms. The van der Waals surface area contributed by atoms with Gasteiger partial charge in [-0.1, -0.05) is 33.6 Å².